The van der Waals surface area contributed by atoms with Gasteiger partial charge in [0.05, 0.1) is 18.8 Å². The van der Waals surface area contributed by atoms with Crippen molar-refractivity contribution in [3.63, 3.8) is 0 Å². The van der Waals surface area contributed by atoms with Crippen LogP contribution in [0.3, 0.4) is 0 Å². The molecule has 3 aromatic rings. The summed E-state index contributed by atoms with van der Waals surface area (Å²) in [6.45, 7) is 2.14. The molecule has 0 radical (unpaired) electrons. The smallest absolute Gasteiger partial charge is 0.387 e. The highest BCUT2D eigenvalue weighted by atomic mass is 32.1. The van der Waals surface area contributed by atoms with E-state index in [4.69, 9.17) is 0 Å². The highest BCUT2D eigenvalue weighted by Gasteiger charge is 2.32. The van der Waals surface area contributed by atoms with Crippen LogP contribution in [0, 0.1) is 12.7 Å². The summed E-state index contributed by atoms with van der Waals surface area (Å²) in [7, 11) is 0. The van der Waals surface area contributed by atoms with Crippen molar-refractivity contribution in [2.75, 3.05) is 18.0 Å². The van der Waals surface area contributed by atoms with Crippen molar-refractivity contribution < 1.29 is 22.7 Å². The van der Waals surface area contributed by atoms with Gasteiger partial charge in [-0.05, 0) is 47.9 Å². The van der Waals surface area contributed by atoms with E-state index >= 15 is 0 Å². The number of nitrogens with zero attached hydrogens (tertiary/aromatic N) is 4. The van der Waals surface area contributed by atoms with Crippen molar-refractivity contribution in [3.8, 4) is 0 Å². The van der Waals surface area contributed by atoms with Gasteiger partial charge in [-0.2, -0.15) is 23.3 Å². The van der Waals surface area contributed by atoms with Crippen LogP contribution in [0.25, 0.3) is 5.57 Å². The van der Waals surface area contributed by atoms with Gasteiger partial charge in [-0.3, -0.25) is 0 Å². The van der Waals surface area contributed by atoms with E-state index in [0.29, 0.717) is 33.9 Å². The number of β-amino-alcohol motifs (C(OH)–C–C–N with tert-alkyl or cyclic N) is 1. The minimum absolute atomic E-state index is 0.122. The number of alkyl halides is 3. The summed E-state index contributed by atoms with van der Waals surface area (Å²) < 4.78 is 52.6. The average Bonchev–Trinajstić information content (AvgIpc) is 3.19. The fourth-order valence-corrected chi connectivity index (χ4v) is 4.39. The summed E-state index contributed by atoms with van der Waals surface area (Å²) in [5.41, 5.74) is 1.41. The number of hydrogen-bond acceptors (Lipinski definition) is 6. The molecule has 0 bridgehead atoms. The maximum atomic E-state index is 13.4. The Morgan fingerprint density at radius 1 is 1.25 bits per heavy atom. The van der Waals surface area contributed by atoms with E-state index in [2.05, 4.69) is 10.1 Å². The van der Waals surface area contributed by atoms with E-state index in [0.717, 1.165) is 16.3 Å². The molecule has 4 rings (SSSR count). The van der Waals surface area contributed by atoms with Gasteiger partial charge in [-0.25, -0.2) is 13.9 Å². The van der Waals surface area contributed by atoms with E-state index in [9.17, 15) is 27.5 Å². The number of aryl methyl sites for hydroxylation is 1. The Labute approximate surface area is 184 Å². The number of aromatic nitrogens is 3. The minimum atomic E-state index is -4.43. The highest BCUT2D eigenvalue weighted by molar-refractivity contribution is 7.12. The quantitative estimate of drug-likeness (QED) is 0.597. The molecule has 6 nitrogen and oxygen atoms in total. The second-order valence-electron chi connectivity index (χ2n) is 7.36. The number of anilines is 1. The number of benzene rings is 1. The van der Waals surface area contributed by atoms with Crippen LogP contribution in [-0.4, -0.2) is 39.1 Å². The molecule has 0 saturated carbocycles. The third-order valence-corrected chi connectivity index (χ3v) is 6.21. The Hall–Kier alpha value is -3.05. The molecule has 0 amide bonds. The maximum absolute atomic E-state index is 13.4. The third-order valence-electron chi connectivity index (χ3n) is 5.10. The minimum Gasteiger partial charge on any atom is -0.387 e. The monoisotopic (exact) mass is 466 g/mol. The van der Waals surface area contributed by atoms with Crippen LogP contribution < -0.4 is 10.6 Å². The molecule has 11 heteroatoms. The molecule has 168 valence electrons. The lowest BCUT2D eigenvalue weighted by molar-refractivity contribution is -0.134. The van der Waals surface area contributed by atoms with Gasteiger partial charge in [0.25, 0.3) is 0 Å². The first-order valence-corrected chi connectivity index (χ1v) is 10.4. The molecule has 0 aliphatic carbocycles. The molecule has 0 saturated heterocycles. The largest absolute Gasteiger partial charge is 0.425 e. The van der Waals surface area contributed by atoms with E-state index in [-0.39, 0.29) is 24.7 Å². The molecular weight excluding hydrogens is 448 g/mol. The number of aliphatic hydroxyl groups is 1. The molecule has 1 atom stereocenters. The van der Waals surface area contributed by atoms with Crippen LogP contribution in [-0.2, 0) is 12.7 Å². The van der Waals surface area contributed by atoms with Crippen LogP contribution in [0.15, 0.2) is 47.4 Å². The third kappa shape index (κ3) is 4.58. The van der Waals surface area contributed by atoms with E-state index < -0.39 is 22.8 Å². The van der Waals surface area contributed by atoms with Crippen molar-refractivity contribution in [3.05, 3.63) is 79.8 Å². The Bertz CT molecular complexity index is 1240. The Kier molecular flexibility index (Phi) is 5.87. The maximum Gasteiger partial charge on any atom is 0.425 e. The predicted molar refractivity (Wildman–Crippen MR) is 112 cm³/mol. The van der Waals surface area contributed by atoms with Crippen LogP contribution in [0.4, 0.5) is 23.4 Å². The fraction of sp³-hybridized carbons (Fsp3) is 0.286. The molecule has 0 unspecified atom stereocenters. The van der Waals surface area contributed by atoms with E-state index in [1.807, 2.05) is 0 Å². The fourth-order valence-electron chi connectivity index (χ4n) is 3.53. The summed E-state index contributed by atoms with van der Waals surface area (Å²) >= 11 is 0.549. The summed E-state index contributed by atoms with van der Waals surface area (Å²) in [5, 5.41) is 14.6. The summed E-state index contributed by atoms with van der Waals surface area (Å²) in [5.74, 6) is -0.106. The molecule has 32 heavy (non-hydrogen) atoms. The van der Waals surface area contributed by atoms with Gasteiger partial charge in [0, 0.05) is 18.0 Å². The summed E-state index contributed by atoms with van der Waals surface area (Å²) in [6, 6.07) is 6.62. The predicted octanol–water partition coefficient (Wildman–Crippen LogP) is 3.48. The highest BCUT2D eigenvalue weighted by Crippen LogP contribution is 2.34. The van der Waals surface area contributed by atoms with Gasteiger partial charge in [-0.1, -0.05) is 12.1 Å². The SMILES string of the molecule is Cc1cc(F)ccc1C1=CCN(c2cnn(Cc3ccc(C(F)(F)F)s3)c(=O)n2)C[C@@H]1O. The Morgan fingerprint density at radius 2 is 2.03 bits per heavy atom. The lowest BCUT2D eigenvalue weighted by atomic mass is 9.93. The Morgan fingerprint density at radius 3 is 2.66 bits per heavy atom. The van der Waals surface area contributed by atoms with Crippen LogP contribution in [0.2, 0.25) is 0 Å². The number of halogens is 4. The zero-order valence-electron chi connectivity index (χ0n) is 16.8. The van der Waals surface area contributed by atoms with E-state index in [1.54, 1.807) is 24.0 Å². The molecule has 0 spiro atoms. The van der Waals surface area contributed by atoms with Gasteiger partial charge < -0.3 is 10.0 Å². The first-order chi connectivity index (χ1) is 15.1. The van der Waals surface area contributed by atoms with Crippen molar-refractivity contribution >= 4 is 22.7 Å². The standard InChI is InChI=1S/C21H18F4N4O2S/c1-12-8-13(22)2-4-15(12)16-6-7-28(11-17(16)30)19-9-26-29(20(31)27-19)10-14-3-5-18(32-14)21(23,24)25/h2-6,8-9,17,30H,7,10-11H2,1H3/t17-/m0/s1. The van der Waals surface area contributed by atoms with Gasteiger partial charge in [-0.15, -0.1) is 11.3 Å². The van der Waals surface area contributed by atoms with Crippen molar-refractivity contribution in [1.82, 2.24) is 14.8 Å². The second kappa shape index (κ2) is 8.47. The summed E-state index contributed by atoms with van der Waals surface area (Å²) in [4.78, 5) is 17.6. The molecule has 1 aromatic carbocycles. The van der Waals surface area contributed by atoms with E-state index in [1.165, 1.54) is 24.4 Å². The number of rotatable bonds is 4. The zero-order chi connectivity index (χ0) is 23.0. The number of aliphatic hydroxyl groups excluding tert-OH is 1. The molecule has 2 aromatic heterocycles. The molecule has 0 fully saturated rings. The first-order valence-electron chi connectivity index (χ1n) is 9.61. The van der Waals surface area contributed by atoms with Crippen molar-refractivity contribution in [1.29, 1.82) is 0 Å². The van der Waals surface area contributed by atoms with Gasteiger partial charge in [0.15, 0.2) is 5.82 Å². The molecule has 3 heterocycles. The number of thiophene rings is 1. The zero-order valence-corrected chi connectivity index (χ0v) is 17.6. The first kappa shape index (κ1) is 22.2. The number of hydrogen-bond donors (Lipinski definition) is 1. The van der Waals surface area contributed by atoms with Crippen molar-refractivity contribution in [2.24, 2.45) is 0 Å². The van der Waals surface area contributed by atoms with Crippen LogP contribution >= 0.6 is 11.3 Å². The van der Waals surface area contributed by atoms with Crippen molar-refractivity contribution in [2.45, 2.75) is 25.7 Å². The molecular formula is C21H18F4N4O2S. The van der Waals surface area contributed by atoms with Gasteiger partial charge in [0.1, 0.15) is 10.7 Å². The van der Waals surface area contributed by atoms with Gasteiger partial charge >= 0.3 is 11.9 Å². The van der Waals surface area contributed by atoms with Gasteiger partial charge in [0.2, 0.25) is 0 Å². The van der Waals surface area contributed by atoms with Crippen LogP contribution in [0.1, 0.15) is 20.9 Å². The lowest BCUT2D eigenvalue weighted by Crippen LogP contribution is -2.39. The lowest BCUT2D eigenvalue weighted by Gasteiger charge is -2.31. The summed E-state index contributed by atoms with van der Waals surface area (Å²) in [6.07, 6.45) is -2.19. The van der Waals surface area contributed by atoms with Crippen LogP contribution in [0.5, 0.6) is 0 Å². The molecule has 1 N–H and O–H groups in total. The topological polar surface area (TPSA) is 71.2 Å². The molecule has 1 aliphatic rings. The second-order valence-corrected chi connectivity index (χ2v) is 8.53. The Balaban J connectivity index is 1.50. The average molecular weight is 466 g/mol. The molecule has 1 aliphatic heterocycles. The normalized spacial score (nSPS) is 16.9.